The summed E-state index contributed by atoms with van der Waals surface area (Å²) in [5.74, 6) is -2.29. The molecule has 3 fully saturated rings. The fraction of sp³-hybridized carbons (Fsp3) is 0.424. The van der Waals surface area contributed by atoms with E-state index < -0.39 is 41.6 Å². The molecule has 1 aromatic carbocycles. The number of aromatic nitrogens is 1. The zero-order chi connectivity index (χ0) is 35.4. The molecule has 264 valence electrons. The van der Waals surface area contributed by atoms with Crippen molar-refractivity contribution in [2.75, 3.05) is 30.0 Å². The number of allylic oxidation sites excluding steroid dienone is 1. The van der Waals surface area contributed by atoms with Gasteiger partial charge in [-0.2, -0.15) is 0 Å². The van der Waals surface area contributed by atoms with E-state index in [1.165, 1.54) is 36.1 Å². The number of rotatable bonds is 10. The molecule has 2 aromatic rings. The Hall–Kier alpha value is -4.90. The van der Waals surface area contributed by atoms with Gasteiger partial charge in [0.15, 0.2) is 10.8 Å². The number of carbonyl (C=O) groups is 5. The Bertz CT molecular complexity index is 1750. The number of nitrogen functional groups attached to an aromatic ring is 1. The molecule has 0 spiro atoms. The monoisotopic (exact) mass is 724 g/mol. The van der Waals surface area contributed by atoms with Gasteiger partial charge in [0.25, 0.3) is 17.7 Å². The van der Waals surface area contributed by atoms with Crippen molar-refractivity contribution >= 4 is 69.5 Å². The average molecular weight is 725 g/mol. The minimum atomic E-state index is -1.35. The van der Waals surface area contributed by atoms with Crippen LogP contribution in [0, 0.1) is 0 Å². The topological polar surface area (TPSA) is 192 Å². The third-order valence-electron chi connectivity index (χ3n) is 8.53. The van der Waals surface area contributed by atoms with Crippen LogP contribution in [0.4, 0.5) is 15.6 Å². The van der Waals surface area contributed by atoms with Gasteiger partial charge in [0, 0.05) is 35.9 Å². The summed E-state index contributed by atoms with van der Waals surface area (Å²) < 4.78 is 16.1. The highest BCUT2D eigenvalue weighted by molar-refractivity contribution is 8.00. The van der Waals surface area contributed by atoms with Crippen molar-refractivity contribution in [1.29, 1.82) is 0 Å². The summed E-state index contributed by atoms with van der Waals surface area (Å²) in [4.78, 5) is 78.4. The van der Waals surface area contributed by atoms with Crippen LogP contribution in [0.5, 0.6) is 0 Å². The Morgan fingerprint density at radius 3 is 2.58 bits per heavy atom. The lowest BCUT2D eigenvalue weighted by molar-refractivity contribution is -0.169. The molecule has 1 aliphatic carbocycles. The molecule has 1 aromatic heterocycles. The Morgan fingerprint density at radius 1 is 1.12 bits per heavy atom. The smallest absolute Gasteiger partial charge is 0.431 e. The molecule has 0 radical (unpaired) electrons. The van der Waals surface area contributed by atoms with Crippen LogP contribution in [0.25, 0.3) is 0 Å². The number of esters is 1. The highest BCUT2D eigenvalue weighted by Gasteiger charge is 2.55. The van der Waals surface area contributed by atoms with Crippen molar-refractivity contribution in [3.63, 3.8) is 0 Å². The van der Waals surface area contributed by atoms with Crippen molar-refractivity contribution in [2.24, 2.45) is 5.16 Å². The van der Waals surface area contributed by atoms with Crippen LogP contribution in [-0.2, 0) is 38.2 Å². The highest BCUT2D eigenvalue weighted by atomic mass is 32.2. The third kappa shape index (κ3) is 7.47. The number of ether oxygens (including phenoxy) is 3. The lowest BCUT2D eigenvalue weighted by atomic mass is 9.98. The number of carbonyl (C=O) groups excluding carboxylic acids is 5. The molecule has 4 heterocycles. The minimum absolute atomic E-state index is 0.114. The lowest BCUT2D eigenvalue weighted by Gasteiger charge is -2.49. The van der Waals surface area contributed by atoms with Crippen molar-refractivity contribution in [2.45, 2.75) is 69.3 Å². The first-order chi connectivity index (χ1) is 24.1. The summed E-state index contributed by atoms with van der Waals surface area (Å²) in [7, 11) is 1.27. The average Bonchev–Trinajstić information content (AvgIpc) is 3.70. The Labute approximate surface area is 295 Å². The zero-order valence-corrected chi connectivity index (χ0v) is 29.0. The SMILES string of the molecule is CON=C(C(=O)NC1C(=O)N2C(C(=O)OC(C)OC(=O)OC3CCCCC3)=C(C=C3CCN(c4ccccc4)C3=O)CSC12)c1csc(N)n1. The van der Waals surface area contributed by atoms with E-state index >= 15 is 0 Å². The lowest BCUT2D eigenvalue weighted by Crippen LogP contribution is -2.71. The molecular weight excluding hydrogens is 689 g/mol. The summed E-state index contributed by atoms with van der Waals surface area (Å²) in [5.41, 5.74) is 7.18. The molecule has 3 atom stereocenters. The van der Waals surface area contributed by atoms with Crippen molar-refractivity contribution in [1.82, 2.24) is 15.2 Å². The van der Waals surface area contributed by atoms with E-state index in [0.29, 0.717) is 24.1 Å². The Balaban J connectivity index is 1.22. The molecule has 1 saturated carbocycles. The fourth-order valence-electron chi connectivity index (χ4n) is 6.17. The number of nitrogens with two attached hydrogens (primary N) is 1. The predicted molar refractivity (Wildman–Crippen MR) is 184 cm³/mol. The number of amides is 3. The van der Waals surface area contributed by atoms with E-state index in [-0.39, 0.29) is 40.0 Å². The van der Waals surface area contributed by atoms with Gasteiger partial charge < -0.3 is 35.0 Å². The summed E-state index contributed by atoms with van der Waals surface area (Å²) in [5, 5.41) is 7.49. The summed E-state index contributed by atoms with van der Waals surface area (Å²) in [6.07, 6.45) is 3.91. The van der Waals surface area contributed by atoms with Gasteiger partial charge >= 0.3 is 12.1 Å². The first kappa shape index (κ1) is 34.9. The van der Waals surface area contributed by atoms with Crippen LogP contribution in [0.15, 0.2) is 63.8 Å². The van der Waals surface area contributed by atoms with Gasteiger partial charge in [0.05, 0.1) is 0 Å². The number of para-hydroxylation sites is 1. The molecule has 17 heteroatoms. The molecule has 15 nitrogen and oxygen atoms in total. The molecule has 3 aliphatic heterocycles. The van der Waals surface area contributed by atoms with Gasteiger partial charge in [-0.3, -0.25) is 19.3 Å². The number of fused-ring (bicyclic) bond motifs is 1. The van der Waals surface area contributed by atoms with E-state index in [1.54, 1.807) is 11.0 Å². The minimum Gasteiger partial charge on any atom is -0.431 e. The van der Waals surface area contributed by atoms with Crippen molar-refractivity contribution in [3.8, 4) is 0 Å². The van der Waals surface area contributed by atoms with E-state index in [9.17, 15) is 24.0 Å². The first-order valence-corrected chi connectivity index (χ1v) is 18.0. The molecule has 3 N–H and O–H groups in total. The number of hydrogen-bond acceptors (Lipinski definition) is 14. The van der Waals surface area contributed by atoms with Gasteiger partial charge in [-0.25, -0.2) is 14.6 Å². The number of nitrogens with one attached hydrogen (secondary N) is 1. The molecule has 2 saturated heterocycles. The summed E-state index contributed by atoms with van der Waals surface area (Å²) >= 11 is 2.40. The van der Waals surface area contributed by atoms with E-state index in [0.717, 1.165) is 49.1 Å². The number of thiazole rings is 1. The first-order valence-electron chi connectivity index (χ1n) is 16.1. The molecule has 3 amide bonds. The van der Waals surface area contributed by atoms with Crippen LogP contribution in [0.3, 0.4) is 0 Å². The molecule has 3 unspecified atom stereocenters. The van der Waals surface area contributed by atoms with Crippen LogP contribution in [0.1, 0.15) is 51.1 Å². The standard InChI is InChI=1S/C33H36N6O9S2/c1-18(47-33(44)48-22-11-7-4-8-12-22)46-31(43)26-20(15-19-13-14-38(28(19)41)21-9-5-3-6-10-21)16-49-30-25(29(42)39(26)30)36-27(40)24(37-45-2)23-17-50-32(34)35-23/h3,5-6,9-10,15,17-18,22,25,30H,4,7-8,11-14,16H2,1-2H3,(H2,34,35)(H,36,40). The Kier molecular flexibility index (Phi) is 10.7. The third-order valence-corrected chi connectivity index (χ3v) is 10.5. The normalized spacial score (nSPS) is 22.5. The van der Waals surface area contributed by atoms with E-state index in [4.69, 9.17) is 24.8 Å². The number of oxime groups is 1. The highest BCUT2D eigenvalue weighted by Crippen LogP contribution is 2.42. The second kappa shape index (κ2) is 15.3. The maximum absolute atomic E-state index is 13.8. The number of anilines is 2. The molecule has 50 heavy (non-hydrogen) atoms. The van der Waals surface area contributed by atoms with Crippen LogP contribution >= 0.6 is 23.1 Å². The number of thioether (sulfide) groups is 1. The van der Waals surface area contributed by atoms with Crippen molar-refractivity contribution < 1.29 is 43.0 Å². The maximum Gasteiger partial charge on any atom is 0.511 e. The largest absolute Gasteiger partial charge is 0.511 e. The molecule has 6 rings (SSSR count). The fourth-order valence-corrected chi connectivity index (χ4v) is 8.02. The van der Waals surface area contributed by atoms with Gasteiger partial charge in [-0.05, 0) is 55.9 Å². The van der Waals surface area contributed by atoms with Crippen LogP contribution < -0.4 is 16.0 Å². The second-order valence-corrected chi connectivity index (χ2v) is 13.9. The summed E-state index contributed by atoms with van der Waals surface area (Å²) in [6.45, 7) is 1.81. The van der Waals surface area contributed by atoms with Gasteiger partial charge in [0.2, 0.25) is 6.29 Å². The van der Waals surface area contributed by atoms with Gasteiger partial charge in [-0.1, -0.05) is 29.8 Å². The number of β-lactam (4-membered cyclic amide) rings is 1. The maximum atomic E-state index is 13.8. The number of benzene rings is 1. The number of hydrogen-bond donors (Lipinski definition) is 2. The van der Waals surface area contributed by atoms with E-state index in [2.05, 4.69) is 15.5 Å². The predicted octanol–water partition coefficient (Wildman–Crippen LogP) is 3.47. The van der Waals surface area contributed by atoms with Crippen LogP contribution in [0.2, 0.25) is 0 Å². The molecule has 4 aliphatic rings. The number of nitrogens with zero attached hydrogens (tertiary/aromatic N) is 4. The summed E-state index contributed by atoms with van der Waals surface area (Å²) in [6, 6.07) is 8.18. The molecular formula is C33H36N6O9S2. The van der Waals surface area contributed by atoms with E-state index in [1.807, 2.05) is 30.3 Å². The van der Waals surface area contributed by atoms with Crippen LogP contribution in [-0.4, -0.2) is 88.7 Å². The zero-order valence-electron chi connectivity index (χ0n) is 27.4. The van der Waals surface area contributed by atoms with Gasteiger partial charge in [-0.15, -0.1) is 23.1 Å². The van der Waals surface area contributed by atoms with Gasteiger partial charge in [0.1, 0.15) is 36.0 Å². The quantitative estimate of drug-likeness (QED) is 0.0907. The second-order valence-electron chi connectivity index (χ2n) is 11.9. The van der Waals surface area contributed by atoms with Crippen molar-refractivity contribution in [3.05, 3.63) is 64.3 Å². The molecule has 0 bridgehead atoms. The Morgan fingerprint density at radius 2 is 1.88 bits per heavy atom.